The normalized spacial score (nSPS) is 19.0. The molecule has 0 saturated carbocycles. The van der Waals surface area contributed by atoms with Crippen LogP contribution < -0.4 is 0 Å². The van der Waals surface area contributed by atoms with Gasteiger partial charge in [-0.3, -0.25) is 9.69 Å². The van der Waals surface area contributed by atoms with Gasteiger partial charge in [0, 0.05) is 23.7 Å². The molecular formula is C15H20ClNO2. The van der Waals surface area contributed by atoms with E-state index in [-0.39, 0.29) is 11.9 Å². The number of nitrogens with zero attached hydrogens (tertiary/aromatic N) is 1. The minimum absolute atomic E-state index is 0.136. The molecule has 1 unspecified atom stereocenters. The van der Waals surface area contributed by atoms with Gasteiger partial charge < -0.3 is 4.74 Å². The summed E-state index contributed by atoms with van der Waals surface area (Å²) in [6.45, 7) is 5.07. The first-order valence-corrected chi connectivity index (χ1v) is 7.19. The minimum Gasteiger partial charge on any atom is -0.377 e. The average Bonchev–Trinajstić information content (AvgIpc) is 2.91. The predicted molar refractivity (Wildman–Crippen MR) is 76.9 cm³/mol. The summed E-state index contributed by atoms with van der Waals surface area (Å²) in [5.74, 6) is 0.136. The molecule has 0 spiro atoms. The number of hydrogen-bond acceptors (Lipinski definition) is 3. The number of halogens is 1. The zero-order chi connectivity index (χ0) is 13.7. The number of ether oxygens (including phenoxy) is 1. The molecule has 1 atom stereocenters. The molecule has 0 amide bonds. The summed E-state index contributed by atoms with van der Waals surface area (Å²) in [5.41, 5.74) is 0.718. The van der Waals surface area contributed by atoms with E-state index in [4.69, 9.17) is 16.3 Å². The highest BCUT2D eigenvalue weighted by Crippen LogP contribution is 2.14. The highest BCUT2D eigenvalue weighted by Gasteiger charge is 2.20. The molecule has 1 aromatic rings. The molecule has 1 aliphatic heterocycles. The van der Waals surface area contributed by atoms with Gasteiger partial charge in [-0.05, 0) is 43.7 Å². The maximum Gasteiger partial charge on any atom is 0.176 e. The second-order valence-electron chi connectivity index (χ2n) is 4.89. The van der Waals surface area contributed by atoms with Gasteiger partial charge >= 0.3 is 0 Å². The Kier molecular flexibility index (Phi) is 5.37. The van der Waals surface area contributed by atoms with Crippen LogP contribution in [-0.2, 0) is 4.74 Å². The van der Waals surface area contributed by atoms with Gasteiger partial charge in [-0.25, -0.2) is 0 Å². The molecule has 1 heterocycles. The zero-order valence-corrected chi connectivity index (χ0v) is 12.0. The highest BCUT2D eigenvalue weighted by molar-refractivity contribution is 6.30. The van der Waals surface area contributed by atoms with Crippen molar-refractivity contribution in [1.82, 2.24) is 4.90 Å². The molecule has 1 fully saturated rings. The molecule has 1 aliphatic rings. The first-order chi connectivity index (χ1) is 9.19. The maximum atomic E-state index is 12.2. The lowest BCUT2D eigenvalue weighted by Crippen LogP contribution is -2.36. The van der Waals surface area contributed by atoms with Gasteiger partial charge in [0.1, 0.15) is 0 Å². The monoisotopic (exact) mass is 281 g/mol. The van der Waals surface area contributed by atoms with Crippen LogP contribution in [0.15, 0.2) is 24.3 Å². The number of likely N-dealkylation sites (N-methyl/N-ethyl adjacent to an activating group) is 1. The predicted octanol–water partition coefficient (Wildman–Crippen LogP) is 3.02. The molecule has 19 heavy (non-hydrogen) atoms. The molecule has 104 valence electrons. The molecule has 0 N–H and O–H groups in total. The maximum absolute atomic E-state index is 12.2. The fourth-order valence-corrected chi connectivity index (χ4v) is 2.44. The van der Waals surface area contributed by atoms with Crippen molar-refractivity contribution in [1.29, 1.82) is 0 Å². The van der Waals surface area contributed by atoms with Crippen molar-refractivity contribution in [3.05, 3.63) is 34.9 Å². The van der Waals surface area contributed by atoms with E-state index in [1.54, 1.807) is 24.3 Å². The first kappa shape index (κ1) is 14.5. The molecule has 0 radical (unpaired) electrons. The van der Waals surface area contributed by atoms with Gasteiger partial charge in [-0.15, -0.1) is 0 Å². The summed E-state index contributed by atoms with van der Waals surface area (Å²) in [6, 6.07) is 7.07. The molecule has 3 nitrogen and oxygen atoms in total. The van der Waals surface area contributed by atoms with E-state index in [2.05, 4.69) is 11.8 Å². The smallest absolute Gasteiger partial charge is 0.176 e. The highest BCUT2D eigenvalue weighted by atomic mass is 35.5. The third kappa shape index (κ3) is 4.30. The first-order valence-electron chi connectivity index (χ1n) is 6.81. The van der Waals surface area contributed by atoms with E-state index in [1.165, 1.54) is 0 Å². The Hall–Kier alpha value is -0.900. The minimum atomic E-state index is 0.136. The summed E-state index contributed by atoms with van der Waals surface area (Å²) >= 11 is 5.82. The van der Waals surface area contributed by atoms with Gasteiger partial charge in [0.15, 0.2) is 5.78 Å². The van der Waals surface area contributed by atoms with Gasteiger partial charge in [-0.1, -0.05) is 18.5 Å². The van der Waals surface area contributed by atoms with E-state index >= 15 is 0 Å². The van der Waals surface area contributed by atoms with Crippen LogP contribution in [0.2, 0.25) is 5.02 Å². The van der Waals surface area contributed by atoms with Crippen molar-refractivity contribution in [2.75, 3.05) is 26.2 Å². The van der Waals surface area contributed by atoms with Crippen LogP contribution in [0.4, 0.5) is 0 Å². The van der Waals surface area contributed by atoms with Crippen LogP contribution in [0.3, 0.4) is 0 Å². The topological polar surface area (TPSA) is 29.5 Å². The number of carbonyl (C=O) groups excluding carboxylic acids is 1. The number of hydrogen-bond donors (Lipinski definition) is 0. The summed E-state index contributed by atoms with van der Waals surface area (Å²) < 4.78 is 5.62. The van der Waals surface area contributed by atoms with Gasteiger partial charge in [0.05, 0.1) is 12.6 Å². The molecule has 1 saturated heterocycles. The SMILES string of the molecule is CCN(CC(=O)c1ccc(Cl)cc1)CC1CCCO1. The van der Waals surface area contributed by atoms with Crippen molar-refractivity contribution < 1.29 is 9.53 Å². The molecule has 0 bridgehead atoms. The van der Waals surface area contributed by atoms with Gasteiger partial charge in [-0.2, -0.15) is 0 Å². The van der Waals surface area contributed by atoms with Crippen molar-refractivity contribution >= 4 is 17.4 Å². The summed E-state index contributed by atoms with van der Waals surface area (Å²) in [7, 11) is 0. The van der Waals surface area contributed by atoms with E-state index in [0.29, 0.717) is 11.6 Å². The van der Waals surface area contributed by atoms with Crippen LogP contribution in [0.1, 0.15) is 30.1 Å². The molecule has 4 heteroatoms. The van der Waals surface area contributed by atoms with Crippen LogP contribution in [-0.4, -0.2) is 43.0 Å². The van der Waals surface area contributed by atoms with Gasteiger partial charge in [0.25, 0.3) is 0 Å². The molecule has 2 rings (SSSR count). The Balaban J connectivity index is 1.89. The summed E-state index contributed by atoms with van der Waals surface area (Å²) in [6.07, 6.45) is 2.52. The Morgan fingerprint density at radius 1 is 1.42 bits per heavy atom. The van der Waals surface area contributed by atoms with E-state index < -0.39 is 0 Å². The Morgan fingerprint density at radius 3 is 2.74 bits per heavy atom. The second-order valence-corrected chi connectivity index (χ2v) is 5.33. The number of benzene rings is 1. The number of carbonyl (C=O) groups is 1. The Labute approximate surface area is 119 Å². The molecule has 1 aromatic carbocycles. The van der Waals surface area contributed by atoms with E-state index in [9.17, 15) is 4.79 Å². The third-order valence-electron chi connectivity index (χ3n) is 3.47. The van der Waals surface area contributed by atoms with Crippen LogP contribution in [0.25, 0.3) is 0 Å². The van der Waals surface area contributed by atoms with Crippen molar-refractivity contribution in [2.45, 2.75) is 25.9 Å². The van der Waals surface area contributed by atoms with Crippen LogP contribution in [0.5, 0.6) is 0 Å². The Morgan fingerprint density at radius 2 is 2.16 bits per heavy atom. The second kappa shape index (κ2) is 7.04. The number of rotatable bonds is 6. The van der Waals surface area contributed by atoms with Crippen molar-refractivity contribution in [3.63, 3.8) is 0 Å². The van der Waals surface area contributed by atoms with Crippen LogP contribution >= 0.6 is 11.6 Å². The average molecular weight is 282 g/mol. The van der Waals surface area contributed by atoms with E-state index in [1.807, 2.05) is 0 Å². The van der Waals surface area contributed by atoms with Crippen LogP contribution in [0, 0.1) is 0 Å². The lowest BCUT2D eigenvalue weighted by atomic mass is 10.1. The van der Waals surface area contributed by atoms with Crippen molar-refractivity contribution in [3.8, 4) is 0 Å². The molecular weight excluding hydrogens is 262 g/mol. The fourth-order valence-electron chi connectivity index (χ4n) is 2.31. The van der Waals surface area contributed by atoms with Gasteiger partial charge in [0.2, 0.25) is 0 Å². The third-order valence-corrected chi connectivity index (χ3v) is 3.72. The summed E-state index contributed by atoms with van der Waals surface area (Å²) in [4.78, 5) is 14.3. The fraction of sp³-hybridized carbons (Fsp3) is 0.533. The lowest BCUT2D eigenvalue weighted by Gasteiger charge is -2.22. The lowest BCUT2D eigenvalue weighted by molar-refractivity contribution is 0.0686. The molecule has 0 aromatic heterocycles. The zero-order valence-electron chi connectivity index (χ0n) is 11.3. The van der Waals surface area contributed by atoms with E-state index in [0.717, 1.165) is 38.1 Å². The largest absolute Gasteiger partial charge is 0.377 e. The number of Topliss-reactive ketones (excluding diaryl/α,β-unsaturated/α-hetero) is 1. The quantitative estimate of drug-likeness (QED) is 0.751. The van der Waals surface area contributed by atoms with Crippen molar-refractivity contribution in [2.24, 2.45) is 0 Å². The Bertz CT molecular complexity index is 413. The summed E-state index contributed by atoms with van der Waals surface area (Å²) in [5, 5.41) is 0.656. The standard InChI is InChI=1S/C15H20ClNO2/c1-2-17(10-14-4-3-9-19-14)11-15(18)12-5-7-13(16)8-6-12/h5-8,14H,2-4,9-11H2,1H3. The molecule has 0 aliphatic carbocycles. The number of ketones is 1.